The average Bonchev–Trinajstić information content (AvgIpc) is 2.56. The van der Waals surface area contributed by atoms with Crippen molar-refractivity contribution in [2.75, 3.05) is 18.2 Å². The number of amides is 1. The van der Waals surface area contributed by atoms with Crippen LogP contribution in [0.15, 0.2) is 48.5 Å². The van der Waals surface area contributed by atoms with Gasteiger partial charge in [0.15, 0.2) is 0 Å². The van der Waals surface area contributed by atoms with Crippen LogP contribution in [0.1, 0.15) is 25.0 Å². The Balaban J connectivity index is 2.08. The molecule has 5 nitrogen and oxygen atoms in total. The van der Waals surface area contributed by atoms with Crippen LogP contribution in [0, 0.1) is 0 Å². The van der Waals surface area contributed by atoms with Gasteiger partial charge in [0.05, 0.1) is 18.9 Å². The van der Waals surface area contributed by atoms with Crippen molar-refractivity contribution < 1.29 is 14.3 Å². The molecule has 0 spiro atoms. The van der Waals surface area contributed by atoms with E-state index in [0.717, 1.165) is 11.1 Å². The van der Waals surface area contributed by atoms with Gasteiger partial charge in [-0.25, -0.2) is 0 Å². The molecule has 24 heavy (non-hydrogen) atoms. The number of carbonyl (C=O) groups is 2. The first-order valence-corrected chi connectivity index (χ1v) is 7.66. The van der Waals surface area contributed by atoms with Gasteiger partial charge in [-0.3, -0.25) is 9.59 Å². The molecule has 0 atom stereocenters. The van der Waals surface area contributed by atoms with Gasteiger partial charge >= 0.3 is 5.97 Å². The Morgan fingerprint density at radius 1 is 1.04 bits per heavy atom. The summed E-state index contributed by atoms with van der Waals surface area (Å²) in [5.41, 5.74) is 8.06. The van der Waals surface area contributed by atoms with Crippen LogP contribution in [0.3, 0.4) is 0 Å². The lowest BCUT2D eigenvalue weighted by Gasteiger charge is -2.24. The third-order valence-corrected chi connectivity index (χ3v) is 3.99. The van der Waals surface area contributed by atoms with E-state index in [1.54, 1.807) is 36.4 Å². The first-order valence-electron chi connectivity index (χ1n) is 7.66. The van der Waals surface area contributed by atoms with E-state index in [0.29, 0.717) is 11.4 Å². The molecule has 126 valence electrons. The molecule has 0 aromatic heterocycles. The molecule has 0 heterocycles. The molecule has 0 bridgehead atoms. The van der Waals surface area contributed by atoms with Crippen molar-refractivity contribution in [3.8, 4) is 0 Å². The van der Waals surface area contributed by atoms with Crippen LogP contribution in [0.25, 0.3) is 0 Å². The van der Waals surface area contributed by atoms with E-state index in [-0.39, 0.29) is 18.3 Å². The number of esters is 1. The number of nitrogen functional groups attached to an aromatic ring is 1. The van der Waals surface area contributed by atoms with E-state index < -0.39 is 5.41 Å². The highest BCUT2D eigenvalue weighted by atomic mass is 16.5. The summed E-state index contributed by atoms with van der Waals surface area (Å²) in [6.45, 7) is 3.72. The van der Waals surface area contributed by atoms with Crippen LogP contribution < -0.4 is 11.1 Å². The van der Waals surface area contributed by atoms with Crippen molar-refractivity contribution >= 4 is 23.3 Å². The predicted molar refractivity (Wildman–Crippen MR) is 94.7 cm³/mol. The van der Waals surface area contributed by atoms with Crippen molar-refractivity contribution in [3.05, 3.63) is 59.7 Å². The van der Waals surface area contributed by atoms with Gasteiger partial charge in [0, 0.05) is 11.4 Å². The molecule has 0 aliphatic rings. The molecular formula is C19H22N2O3. The third-order valence-electron chi connectivity index (χ3n) is 3.99. The first-order chi connectivity index (χ1) is 11.3. The van der Waals surface area contributed by atoms with Crippen molar-refractivity contribution in [1.82, 2.24) is 0 Å². The Morgan fingerprint density at radius 2 is 1.62 bits per heavy atom. The second-order valence-corrected chi connectivity index (χ2v) is 6.15. The second-order valence-electron chi connectivity index (χ2n) is 6.15. The maximum Gasteiger partial charge on any atom is 0.309 e. The molecule has 0 fully saturated rings. The van der Waals surface area contributed by atoms with E-state index in [2.05, 4.69) is 10.1 Å². The van der Waals surface area contributed by atoms with Crippen molar-refractivity contribution in [3.63, 3.8) is 0 Å². The maximum atomic E-state index is 12.6. The van der Waals surface area contributed by atoms with E-state index in [1.807, 2.05) is 26.0 Å². The Labute approximate surface area is 141 Å². The van der Waals surface area contributed by atoms with Crippen LogP contribution in [0.4, 0.5) is 11.4 Å². The SMILES string of the molecule is COC(=O)Cc1ccc(NC(=O)C(C)(C)c2ccc(N)cc2)cc1. The van der Waals surface area contributed by atoms with Crippen LogP contribution in [-0.4, -0.2) is 19.0 Å². The smallest absolute Gasteiger partial charge is 0.309 e. The number of methoxy groups -OCH3 is 1. The standard InChI is InChI=1S/C19H22N2O3/c1-19(2,14-6-8-15(20)9-7-14)18(23)21-16-10-4-13(5-11-16)12-17(22)24-3/h4-11H,12,20H2,1-3H3,(H,21,23). The zero-order valence-corrected chi connectivity index (χ0v) is 14.1. The van der Waals surface area contributed by atoms with Crippen LogP contribution in [0.2, 0.25) is 0 Å². The molecule has 0 radical (unpaired) electrons. The summed E-state index contributed by atoms with van der Waals surface area (Å²) in [6, 6.07) is 14.4. The fourth-order valence-electron chi connectivity index (χ4n) is 2.26. The molecule has 2 aromatic carbocycles. The number of anilines is 2. The lowest BCUT2D eigenvalue weighted by molar-refractivity contribution is -0.139. The highest BCUT2D eigenvalue weighted by Gasteiger charge is 2.29. The monoisotopic (exact) mass is 326 g/mol. The lowest BCUT2D eigenvalue weighted by Crippen LogP contribution is -2.34. The molecule has 0 unspecified atom stereocenters. The summed E-state index contributed by atoms with van der Waals surface area (Å²) < 4.78 is 4.63. The highest BCUT2D eigenvalue weighted by molar-refractivity contribution is 5.98. The lowest BCUT2D eigenvalue weighted by atomic mass is 9.83. The summed E-state index contributed by atoms with van der Waals surface area (Å²) in [5.74, 6) is -0.413. The minimum atomic E-state index is -0.696. The van der Waals surface area contributed by atoms with Gasteiger partial charge in [0.2, 0.25) is 5.91 Å². The maximum absolute atomic E-state index is 12.6. The number of hydrogen-bond acceptors (Lipinski definition) is 4. The van der Waals surface area contributed by atoms with E-state index in [1.165, 1.54) is 7.11 Å². The molecular weight excluding hydrogens is 304 g/mol. The number of ether oxygens (including phenoxy) is 1. The van der Waals surface area contributed by atoms with E-state index in [9.17, 15) is 9.59 Å². The molecule has 2 rings (SSSR count). The molecule has 0 aliphatic heterocycles. The molecule has 0 saturated heterocycles. The summed E-state index contributed by atoms with van der Waals surface area (Å²) in [5, 5.41) is 2.90. The van der Waals surface area contributed by atoms with Gasteiger partial charge in [-0.1, -0.05) is 24.3 Å². The number of hydrogen-bond donors (Lipinski definition) is 2. The van der Waals surface area contributed by atoms with Crippen LogP contribution in [0.5, 0.6) is 0 Å². The van der Waals surface area contributed by atoms with Crippen LogP contribution >= 0.6 is 0 Å². The van der Waals surface area contributed by atoms with Gasteiger partial charge in [0.25, 0.3) is 0 Å². The molecule has 5 heteroatoms. The molecule has 2 aromatic rings. The van der Waals surface area contributed by atoms with Gasteiger partial charge < -0.3 is 15.8 Å². The van der Waals surface area contributed by atoms with E-state index >= 15 is 0 Å². The molecule has 1 amide bonds. The van der Waals surface area contributed by atoms with Gasteiger partial charge in [-0.05, 0) is 49.2 Å². The number of nitrogens with two attached hydrogens (primary N) is 1. The molecule has 0 saturated carbocycles. The number of carbonyl (C=O) groups excluding carboxylic acids is 2. The number of rotatable bonds is 5. The Hall–Kier alpha value is -2.82. The normalized spacial score (nSPS) is 11.0. The summed E-state index contributed by atoms with van der Waals surface area (Å²) >= 11 is 0. The Bertz CT molecular complexity index is 719. The zero-order valence-electron chi connectivity index (χ0n) is 14.1. The van der Waals surface area contributed by atoms with Gasteiger partial charge in [-0.15, -0.1) is 0 Å². The van der Waals surface area contributed by atoms with Crippen molar-refractivity contribution in [2.24, 2.45) is 0 Å². The highest BCUT2D eigenvalue weighted by Crippen LogP contribution is 2.26. The summed E-state index contributed by atoms with van der Waals surface area (Å²) in [7, 11) is 1.36. The van der Waals surface area contributed by atoms with Crippen molar-refractivity contribution in [2.45, 2.75) is 25.7 Å². The first kappa shape index (κ1) is 17.5. The fraction of sp³-hybridized carbons (Fsp3) is 0.263. The predicted octanol–water partition coefficient (Wildman–Crippen LogP) is 2.90. The minimum Gasteiger partial charge on any atom is -0.469 e. The quantitative estimate of drug-likeness (QED) is 0.654. The molecule has 0 aliphatic carbocycles. The topological polar surface area (TPSA) is 81.4 Å². The van der Waals surface area contributed by atoms with Crippen LogP contribution in [-0.2, 0) is 26.2 Å². The number of nitrogens with one attached hydrogen (secondary N) is 1. The average molecular weight is 326 g/mol. The number of benzene rings is 2. The zero-order chi connectivity index (χ0) is 17.7. The van der Waals surface area contributed by atoms with E-state index in [4.69, 9.17) is 5.73 Å². The third kappa shape index (κ3) is 4.13. The summed E-state index contributed by atoms with van der Waals surface area (Å²) in [6.07, 6.45) is 0.210. The Kier molecular flexibility index (Phi) is 5.24. The van der Waals surface area contributed by atoms with Gasteiger partial charge in [-0.2, -0.15) is 0 Å². The second kappa shape index (κ2) is 7.17. The van der Waals surface area contributed by atoms with Crippen molar-refractivity contribution in [1.29, 1.82) is 0 Å². The Morgan fingerprint density at radius 3 is 2.17 bits per heavy atom. The van der Waals surface area contributed by atoms with Gasteiger partial charge in [0.1, 0.15) is 0 Å². The molecule has 3 N–H and O–H groups in total. The summed E-state index contributed by atoms with van der Waals surface area (Å²) in [4.78, 5) is 23.9. The fourth-order valence-corrected chi connectivity index (χ4v) is 2.26. The minimum absolute atomic E-state index is 0.118. The largest absolute Gasteiger partial charge is 0.469 e.